The largest absolute Gasteiger partial charge is 0.534 e. The lowest BCUT2D eigenvalue weighted by Gasteiger charge is -2.11. The fraction of sp³-hybridized carbons (Fsp3) is 0.357. The number of furan rings is 1. The van der Waals surface area contributed by atoms with Gasteiger partial charge in [-0.3, -0.25) is 4.90 Å². The normalized spacial score (nSPS) is 18.4. The summed E-state index contributed by atoms with van der Waals surface area (Å²) >= 11 is 0. The maximum atomic E-state index is 12.4. The van der Waals surface area contributed by atoms with Crippen molar-refractivity contribution in [2.45, 2.75) is 11.6 Å². The summed E-state index contributed by atoms with van der Waals surface area (Å²) in [7, 11) is -4.33. The minimum Gasteiger partial charge on any atom is -0.462 e. The first-order valence-corrected chi connectivity index (χ1v) is 8.52. The Bertz CT molecular complexity index is 938. The zero-order valence-corrected chi connectivity index (χ0v) is 14.0. The van der Waals surface area contributed by atoms with Crippen LogP contribution in [0.1, 0.15) is 0 Å². The first kappa shape index (κ1) is 18.3. The fourth-order valence-electron chi connectivity index (χ4n) is 2.42. The number of cyclic esters (lactones) is 1. The molecular formula is C14H12F3NO7S. The van der Waals surface area contributed by atoms with Gasteiger partial charge in [0.1, 0.15) is 23.7 Å². The van der Waals surface area contributed by atoms with Crippen LogP contribution in [0.5, 0.6) is 5.75 Å². The molecule has 0 bridgehead atoms. The Morgan fingerprint density at radius 1 is 1.35 bits per heavy atom. The molecule has 8 nitrogen and oxygen atoms in total. The molecule has 1 aromatic heterocycles. The van der Waals surface area contributed by atoms with Crippen molar-refractivity contribution in [2.75, 3.05) is 25.2 Å². The smallest absolute Gasteiger partial charge is 0.462 e. The molecule has 0 aliphatic carbocycles. The van der Waals surface area contributed by atoms with E-state index in [2.05, 4.69) is 4.18 Å². The number of nitrogens with zero attached hydrogens (tertiary/aromatic N) is 1. The maximum absolute atomic E-state index is 12.4. The van der Waals surface area contributed by atoms with Crippen LogP contribution in [0.3, 0.4) is 0 Å². The number of hydrogen-bond acceptors (Lipinski definition) is 7. The van der Waals surface area contributed by atoms with E-state index in [1.165, 1.54) is 24.3 Å². The number of hydrogen-bond donors (Lipinski definition) is 0. The lowest BCUT2D eigenvalue weighted by Crippen LogP contribution is -2.28. The summed E-state index contributed by atoms with van der Waals surface area (Å²) in [6.07, 6.45) is 0.107. The van der Waals surface area contributed by atoms with E-state index >= 15 is 0 Å². The number of rotatable bonds is 5. The Balaban J connectivity index is 1.88. The van der Waals surface area contributed by atoms with Gasteiger partial charge >= 0.3 is 21.7 Å². The van der Waals surface area contributed by atoms with Crippen molar-refractivity contribution in [1.29, 1.82) is 0 Å². The summed E-state index contributed by atoms with van der Waals surface area (Å²) in [4.78, 5) is 13.2. The van der Waals surface area contributed by atoms with Crippen molar-refractivity contribution in [3.05, 3.63) is 24.5 Å². The highest BCUT2D eigenvalue weighted by Gasteiger charge is 2.48. The molecule has 26 heavy (non-hydrogen) atoms. The van der Waals surface area contributed by atoms with Gasteiger partial charge in [0.2, 0.25) is 0 Å². The van der Waals surface area contributed by atoms with Crippen LogP contribution in [0.2, 0.25) is 0 Å². The van der Waals surface area contributed by atoms with Gasteiger partial charge in [-0.2, -0.15) is 21.6 Å². The number of methoxy groups -OCH3 is 1. The summed E-state index contributed by atoms with van der Waals surface area (Å²) in [5.74, 6) is -0.572. The van der Waals surface area contributed by atoms with Gasteiger partial charge in [-0.05, 0) is 12.1 Å². The van der Waals surface area contributed by atoms with E-state index in [0.717, 1.165) is 12.1 Å². The molecule has 1 aliphatic heterocycles. The SMILES string of the molecule is COC[C@H]1CN(c2coc3cc(OS(=O)(=O)C(F)(F)F)ccc23)C(=O)O1. The van der Waals surface area contributed by atoms with Crippen LogP contribution in [0, 0.1) is 0 Å². The number of amides is 1. The molecule has 1 aromatic carbocycles. The Morgan fingerprint density at radius 2 is 2.08 bits per heavy atom. The van der Waals surface area contributed by atoms with E-state index in [9.17, 15) is 26.4 Å². The van der Waals surface area contributed by atoms with Crippen molar-refractivity contribution in [3.8, 4) is 5.75 Å². The van der Waals surface area contributed by atoms with Gasteiger partial charge in [0, 0.05) is 18.6 Å². The van der Waals surface area contributed by atoms with E-state index in [4.69, 9.17) is 13.9 Å². The predicted molar refractivity (Wildman–Crippen MR) is 81.3 cm³/mol. The van der Waals surface area contributed by atoms with Crippen LogP contribution in [0.15, 0.2) is 28.9 Å². The molecule has 1 aliphatic rings. The number of benzene rings is 1. The third-order valence-corrected chi connectivity index (χ3v) is 4.51. The van der Waals surface area contributed by atoms with Crippen LogP contribution in [0.4, 0.5) is 23.7 Å². The highest BCUT2D eigenvalue weighted by molar-refractivity contribution is 7.88. The van der Waals surface area contributed by atoms with E-state index < -0.39 is 33.6 Å². The molecule has 0 saturated carbocycles. The zero-order valence-electron chi connectivity index (χ0n) is 13.1. The van der Waals surface area contributed by atoms with Gasteiger partial charge in [0.15, 0.2) is 0 Å². The van der Waals surface area contributed by atoms with Crippen molar-refractivity contribution in [1.82, 2.24) is 0 Å². The summed E-state index contributed by atoms with van der Waals surface area (Å²) < 4.78 is 78.5. The summed E-state index contributed by atoms with van der Waals surface area (Å²) in [5.41, 5.74) is -5.18. The topological polar surface area (TPSA) is 95.3 Å². The molecule has 0 unspecified atom stereocenters. The molecule has 0 radical (unpaired) electrons. The van der Waals surface area contributed by atoms with Crippen molar-refractivity contribution in [3.63, 3.8) is 0 Å². The second-order valence-electron chi connectivity index (χ2n) is 5.33. The van der Waals surface area contributed by atoms with Crippen molar-refractivity contribution >= 4 is 32.9 Å². The average Bonchev–Trinajstić information content (AvgIpc) is 3.09. The third-order valence-electron chi connectivity index (χ3n) is 3.53. The van der Waals surface area contributed by atoms with Crippen LogP contribution in [-0.4, -0.2) is 46.4 Å². The minimum absolute atomic E-state index is 0.0397. The Kier molecular flexibility index (Phi) is 4.48. The number of carbonyl (C=O) groups is 1. The lowest BCUT2D eigenvalue weighted by molar-refractivity contribution is -0.0500. The highest BCUT2D eigenvalue weighted by atomic mass is 32.2. The number of carbonyl (C=O) groups excluding carboxylic acids is 1. The van der Waals surface area contributed by atoms with E-state index in [-0.39, 0.29) is 18.7 Å². The number of halogens is 3. The Morgan fingerprint density at radius 3 is 2.73 bits per heavy atom. The van der Waals surface area contributed by atoms with Gasteiger partial charge in [0.05, 0.1) is 18.8 Å². The monoisotopic (exact) mass is 395 g/mol. The van der Waals surface area contributed by atoms with Crippen LogP contribution >= 0.6 is 0 Å². The third kappa shape index (κ3) is 3.29. The lowest BCUT2D eigenvalue weighted by atomic mass is 10.2. The van der Waals surface area contributed by atoms with Crippen LogP contribution < -0.4 is 9.08 Å². The number of ether oxygens (including phenoxy) is 2. The fourth-order valence-corrected chi connectivity index (χ4v) is 2.87. The quantitative estimate of drug-likeness (QED) is 0.567. The van der Waals surface area contributed by atoms with Crippen molar-refractivity contribution < 1.29 is 44.5 Å². The van der Waals surface area contributed by atoms with E-state index in [1.54, 1.807) is 0 Å². The molecule has 2 heterocycles. The maximum Gasteiger partial charge on any atom is 0.534 e. The summed E-state index contributed by atoms with van der Waals surface area (Å²) in [6.45, 7) is 0.396. The second-order valence-corrected chi connectivity index (χ2v) is 6.87. The number of fused-ring (bicyclic) bond motifs is 1. The molecule has 3 rings (SSSR count). The second kappa shape index (κ2) is 6.36. The number of alkyl halides is 3. The minimum atomic E-state index is -5.79. The molecule has 142 valence electrons. The molecule has 1 fully saturated rings. The zero-order chi connectivity index (χ0) is 19.1. The summed E-state index contributed by atoms with van der Waals surface area (Å²) in [6, 6.07) is 3.29. The van der Waals surface area contributed by atoms with Crippen LogP contribution in [-0.2, 0) is 19.6 Å². The summed E-state index contributed by atoms with van der Waals surface area (Å²) in [5, 5.41) is 0.372. The molecule has 1 amide bonds. The van der Waals surface area contributed by atoms with Gasteiger partial charge in [-0.15, -0.1) is 0 Å². The Hall–Kier alpha value is -2.47. The van der Waals surface area contributed by atoms with Crippen LogP contribution in [0.25, 0.3) is 11.0 Å². The number of anilines is 1. The average molecular weight is 395 g/mol. The Labute approximate surface area is 145 Å². The van der Waals surface area contributed by atoms with Gasteiger partial charge in [0.25, 0.3) is 0 Å². The molecule has 2 aromatic rings. The highest BCUT2D eigenvalue weighted by Crippen LogP contribution is 2.35. The molecular weight excluding hydrogens is 383 g/mol. The van der Waals surface area contributed by atoms with Crippen molar-refractivity contribution in [2.24, 2.45) is 0 Å². The molecule has 1 atom stereocenters. The molecule has 0 N–H and O–H groups in total. The predicted octanol–water partition coefficient (Wildman–Crippen LogP) is 2.63. The standard InChI is InChI=1S/C14H12F3NO7S/c1-22-6-9-5-18(13(19)24-9)11-7-23-12-4-8(2-3-10(11)12)25-26(20,21)14(15,16)17/h2-4,7,9H,5-6H2,1H3/t9-/m1/s1. The van der Waals surface area contributed by atoms with Gasteiger partial charge in [-0.1, -0.05) is 0 Å². The van der Waals surface area contributed by atoms with E-state index in [0.29, 0.717) is 11.1 Å². The van der Waals surface area contributed by atoms with Gasteiger partial charge < -0.3 is 18.1 Å². The van der Waals surface area contributed by atoms with E-state index in [1.807, 2.05) is 0 Å². The molecule has 12 heteroatoms. The molecule has 1 saturated heterocycles. The first-order valence-electron chi connectivity index (χ1n) is 7.11. The molecule has 0 spiro atoms. The first-order chi connectivity index (χ1) is 12.1. The van der Waals surface area contributed by atoms with Gasteiger partial charge in [-0.25, -0.2) is 4.79 Å².